The molecular weight excluding hydrogens is 254 g/mol. The molecule has 4 nitrogen and oxygen atoms in total. The van der Waals surface area contributed by atoms with Crippen LogP contribution in [0.4, 0.5) is 0 Å². The monoisotopic (exact) mass is 271 g/mol. The Bertz CT molecular complexity index is 698. The summed E-state index contributed by atoms with van der Waals surface area (Å²) in [5, 5.41) is 3.26. The van der Waals surface area contributed by atoms with E-state index in [0.717, 1.165) is 0 Å². The first kappa shape index (κ1) is 14.1. The molecule has 0 aliphatic carbocycles. The number of para-hydroxylation sites is 1. The van der Waals surface area contributed by atoms with E-state index in [1.807, 2.05) is 13.8 Å². The number of fused-ring (bicyclic) bond motifs is 1. The summed E-state index contributed by atoms with van der Waals surface area (Å²) in [6.07, 6.45) is 4.20. The van der Waals surface area contributed by atoms with E-state index in [0.29, 0.717) is 29.0 Å². The van der Waals surface area contributed by atoms with Gasteiger partial charge in [0.2, 0.25) is 5.91 Å². The number of amides is 1. The van der Waals surface area contributed by atoms with Crippen LogP contribution < -0.4 is 10.7 Å². The Labute approximate surface area is 117 Å². The average molecular weight is 271 g/mol. The van der Waals surface area contributed by atoms with Crippen molar-refractivity contribution in [3.05, 3.63) is 52.4 Å². The predicted octanol–water partition coefficient (Wildman–Crippen LogP) is 2.58. The van der Waals surface area contributed by atoms with Crippen LogP contribution in [0.1, 0.15) is 19.4 Å². The smallest absolute Gasteiger partial charge is 0.244 e. The average Bonchev–Trinajstić information content (AvgIpc) is 2.44. The first-order chi connectivity index (χ1) is 9.58. The Hall–Kier alpha value is -2.36. The Morgan fingerprint density at radius 2 is 2.10 bits per heavy atom. The summed E-state index contributed by atoms with van der Waals surface area (Å²) in [7, 11) is 0. The van der Waals surface area contributed by atoms with Crippen LogP contribution in [0.2, 0.25) is 0 Å². The van der Waals surface area contributed by atoms with Gasteiger partial charge < -0.3 is 9.73 Å². The molecule has 1 heterocycles. The molecule has 0 bridgehead atoms. The molecule has 0 radical (unpaired) electrons. The van der Waals surface area contributed by atoms with Crippen LogP contribution in [0.25, 0.3) is 17.0 Å². The van der Waals surface area contributed by atoms with Gasteiger partial charge in [0, 0.05) is 12.6 Å². The fraction of sp³-hybridized carbons (Fsp3) is 0.250. The van der Waals surface area contributed by atoms with Crippen LogP contribution in [-0.4, -0.2) is 12.5 Å². The van der Waals surface area contributed by atoms with Gasteiger partial charge in [0.15, 0.2) is 5.43 Å². The van der Waals surface area contributed by atoms with Crippen molar-refractivity contribution in [2.75, 3.05) is 6.54 Å². The van der Waals surface area contributed by atoms with E-state index in [2.05, 4.69) is 5.32 Å². The van der Waals surface area contributed by atoms with Crippen LogP contribution in [0, 0.1) is 5.92 Å². The molecule has 1 aromatic heterocycles. The van der Waals surface area contributed by atoms with Gasteiger partial charge in [-0.3, -0.25) is 9.59 Å². The zero-order chi connectivity index (χ0) is 14.5. The second-order valence-corrected chi connectivity index (χ2v) is 4.99. The van der Waals surface area contributed by atoms with Crippen molar-refractivity contribution in [2.24, 2.45) is 5.92 Å². The highest BCUT2D eigenvalue weighted by Crippen LogP contribution is 2.10. The Balaban J connectivity index is 2.20. The third-order valence-electron chi connectivity index (χ3n) is 2.81. The van der Waals surface area contributed by atoms with E-state index in [-0.39, 0.29) is 11.3 Å². The zero-order valence-corrected chi connectivity index (χ0v) is 11.6. The third-order valence-corrected chi connectivity index (χ3v) is 2.81. The first-order valence-corrected chi connectivity index (χ1v) is 6.54. The molecule has 1 aromatic carbocycles. The summed E-state index contributed by atoms with van der Waals surface area (Å²) in [4.78, 5) is 23.7. The quantitative estimate of drug-likeness (QED) is 0.869. The molecule has 2 rings (SSSR count). The van der Waals surface area contributed by atoms with E-state index >= 15 is 0 Å². The van der Waals surface area contributed by atoms with Gasteiger partial charge in [0.1, 0.15) is 11.8 Å². The van der Waals surface area contributed by atoms with Crippen molar-refractivity contribution in [1.29, 1.82) is 0 Å². The number of benzene rings is 1. The minimum absolute atomic E-state index is 0.139. The normalized spacial score (nSPS) is 11.3. The fourth-order valence-corrected chi connectivity index (χ4v) is 1.74. The molecular formula is C16H17NO3. The largest absolute Gasteiger partial charge is 0.463 e. The molecule has 0 fully saturated rings. The molecule has 2 aromatic rings. The van der Waals surface area contributed by atoms with E-state index in [1.54, 1.807) is 24.3 Å². The van der Waals surface area contributed by atoms with Crippen molar-refractivity contribution < 1.29 is 9.21 Å². The van der Waals surface area contributed by atoms with Crippen molar-refractivity contribution in [2.45, 2.75) is 13.8 Å². The van der Waals surface area contributed by atoms with E-state index in [4.69, 9.17) is 4.42 Å². The van der Waals surface area contributed by atoms with Crippen molar-refractivity contribution in [1.82, 2.24) is 5.32 Å². The molecule has 104 valence electrons. The summed E-state index contributed by atoms with van der Waals surface area (Å²) in [6.45, 7) is 4.64. The lowest BCUT2D eigenvalue weighted by molar-refractivity contribution is -0.116. The van der Waals surface area contributed by atoms with Gasteiger partial charge in [0.25, 0.3) is 0 Å². The summed E-state index contributed by atoms with van der Waals surface area (Å²) < 4.78 is 5.37. The number of hydrogen-bond acceptors (Lipinski definition) is 3. The summed E-state index contributed by atoms with van der Waals surface area (Å²) in [6, 6.07) is 7.03. The second kappa shape index (κ2) is 6.19. The summed E-state index contributed by atoms with van der Waals surface area (Å²) >= 11 is 0. The first-order valence-electron chi connectivity index (χ1n) is 6.54. The van der Waals surface area contributed by atoms with Gasteiger partial charge in [-0.15, -0.1) is 0 Å². The lowest BCUT2D eigenvalue weighted by Crippen LogP contribution is -2.25. The Morgan fingerprint density at radius 3 is 2.85 bits per heavy atom. The molecule has 0 aliphatic heterocycles. The minimum Gasteiger partial charge on any atom is -0.463 e. The Kier molecular flexibility index (Phi) is 4.35. The van der Waals surface area contributed by atoms with E-state index in [1.165, 1.54) is 18.4 Å². The molecule has 0 saturated heterocycles. The van der Waals surface area contributed by atoms with E-state index in [9.17, 15) is 9.59 Å². The van der Waals surface area contributed by atoms with Crippen molar-refractivity contribution in [3.63, 3.8) is 0 Å². The van der Waals surface area contributed by atoms with Crippen molar-refractivity contribution in [3.8, 4) is 0 Å². The number of hydrogen-bond donors (Lipinski definition) is 1. The topological polar surface area (TPSA) is 59.3 Å². The summed E-state index contributed by atoms with van der Waals surface area (Å²) in [5.41, 5.74) is 0.766. The lowest BCUT2D eigenvalue weighted by atomic mass is 10.1. The maximum atomic E-state index is 12.2. The highest BCUT2D eigenvalue weighted by molar-refractivity contribution is 5.92. The Morgan fingerprint density at radius 1 is 1.35 bits per heavy atom. The van der Waals surface area contributed by atoms with Gasteiger partial charge >= 0.3 is 0 Å². The molecule has 20 heavy (non-hydrogen) atoms. The van der Waals surface area contributed by atoms with Gasteiger partial charge in [-0.1, -0.05) is 26.0 Å². The van der Waals surface area contributed by atoms with Gasteiger partial charge in [-0.05, 0) is 24.1 Å². The maximum Gasteiger partial charge on any atom is 0.244 e. The number of rotatable bonds is 4. The maximum absolute atomic E-state index is 12.2. The molecule has 0 atom stereocenters. The molecule has 0 saturated carbocycles. The lowest BCUT2D eigenvalue weighted by Gasteiger charge is -2.04. The highest BCUT2D eigenvalue weighted by atomic mass is 16.3. The van der Waals surface area contributed by atoms with Crippen LogP contribution in [0.15, 0.2) is 45.8 Å². The highest BCUT2D eigenvalue weighted by Gasteiger charge is 2.04. The second-order valence-electron chi connectivity index (χ2n) is 4.99. The number of carbonyl (C=O) groups excluding carboxylic acids is 1. The predicted molar refractivity (Wildman–Crippen MR) is 79.4 cm³/mol. The van der Waals surface area contributed by atoms with Gasteiger partial charge in [-0.2, -0.15) is 0 Å². The van der Waals surface area contributed by atoms with Crippen molar-refractivity contribution >= 4 is 23.0 Å². The number of nitrogens with one attached hydrogen (secondary N) is 1. The standard InChI is InChI=1S/C16H17NO3/c1-11(2)9-17-15(18)8-7-12-10-20-14-6-4-3-5-13(14)16(12)19/h3-8,10-11H,9H2,1-2H3,(H,17,18)/b8-7+. The fourth-order valence-electron chi connectivity index (χ4n) is 1.74. The van der Waals surface area contributed by atoms with Crippen LogP contribution in [-0.2, 0) is 4.79 Å². The van der Waals surface area contributed by atoms with E-state index < -0.39 is 0 Å². The van der Waals surface area contributed by atoms with Crippen LogP contribution >= 0.6 is 0 Å². The minimum atomic E-state index is -0.216. The van der Waals surface area contributed by atoms with Gasteiger partial charge in [-0.25, -0.2) is 0 Å². The molecule has 1 N–H and O–H groups in total. The summed E-state index contributed by atoms with van der Waals surface area (Å²) in [5.74, 6) is 0.171. The van der Waals surface area contributed by atoms with Crippen LogP contribution in [0.3, 0.4) is 0 Å². The molecule has 0 unspecified atom stereocenters. The number of carbonyl (C=O) groups is 1. The molecule has 0 aliphatic rings. The van der Waals surface area contributed by atoms with Gasteiger partial charge in [0.05, 0.1) is 10.9 Å². The third kappa shape index (κ3) is 3.35. The molecule has 4 heteroatoms. The molecule has 1 amide bonds. The molecule has 0 spiro atoms. The SMILES string of the molecule is CC(C)CNC(=O)/C=C/c1coc2ccccc2c1=O. The zero-order valence-electron chi connectivity index (χ0n) is 11.6. The van der Waals surface area contributed by atoms with Crippen LogP contribution in [0.5, 0.6) is 0 Å².